The second kappa shape index (κ2) is 10.3. The van der Waals surface area contributed by atoms with Gasteiger partial charge in [-0.15, -0.1) is 10.2 Å². The summed E-state index contributed by atoms with van der Waals surface area (Å²) in [5.74, 6) is -2.38. The molecule has 0 aromatic carbocycles. The van der Waals surface area contributed by atoms with Crippen LogP contribution in [0.3, 0.4) is 0 Å². The number of rotatable bonds is 9. The molecule has 212 valence electrons. The first-order valence-electron chi connectivity index (χ1n) is 13.3. The smallest absolute Gasteiger partial charge is 0.280 e. The molecule has 0 saturated carbocycles. The van der Waals surface area contributed by atoms with Crippen molar-refractivity contribution in [2.45, 2.75) is 50.5 Å². The molecule has 2 fully saturated rings. The van der Waals surface area contributed by atoms with E-state index in [0.29, 0.717) is 60.1 Å². The molecular weight excluding hydrogens is 525 g/mol. The number of piperidine rings is 1. The van der Waals surface area contributed by atoms with Gasteiger partial charge in [0, 0.05) is 38.3 Å². The van der Waals surface area contributed by atoms with Gasteiger partial charge in [-0.2, -0.15) is 4.98 Å². The first kappa shape index (κ1) is 26.4. The number of likely N-dealkylation sites (tertiary alicyclic amines) is 1. The number of anilines is 2. The number of fused-ring (bicyclic) bond motifs is 2. The Balaban J connectivity index is 1.26. The Morgan fingerprint density at radius 2 is 2.08 bits per heavy atom. The van der Waals surface area contributed by atoms with Crippen LogP contribution in [0.5, 0.6) is 0 Å². The van der Waals surface area contributed by atoms with Crippen molar-refractivity contribution in [1.82, 2.24) is 39.5 Å². The van der Waals surface area contributed by atoms with Crippen molar-refractivity contribution in [1.29, 1.82) is 0 Å². The molecule has 6 heterocycles. The van der Waals surface area contributed by atoms with E-state index in [2.05, 4.69) is 37.6 Å². The summed E-state index contributed by atoms with van der Waals surface area (Å²) < 4.78 is 52.6. The van der Waals surface area contributed by atoms with E-state index in [1.807, 2.05) is 12.1 Å². The predicted octanol–water partition coefficient (Wildman–Crippen LogP) is 3.40. The van der Waals surface area contributed by atoms with Crippen LogP contribution in [0.25, 0.3) is 27.9 Å². The van der Waals surface area contributed by atoms with Crippen LogP contribution < -0.4 is 10.6 Å². The molecule has 40 heavy (non-hydrogen) atoms. The third kappa shape index (κ3) is 4.85. The van der Waals surface area contributed by atoms with Gasteiger partial charge >= 0.3 is 0 Å². The summed E-state index contributed by atoms with van der Waals surface area (Å²) in [5.41, 5.74) is 3.57. The number of nitrogens with zero attached hydrogens (tertiary/aromatic N) is 8. The van der Waals surface area contributed by atoms with Crippen LogP contribution in [-0.2, 0) is 11.3 Å². The van der Waals surface area contributed by atoms with Gasteiger partial charge in [0.2, 0.25) is 5.95 Å². The molecular formula is C26H31F3N10O. The number of alkyl halides is 3. The van der Waals surface area contributed by atoms with E-state index in [4.69, 9.17) is 9.72 Å². The topological polar surface area (TPSA) is 110 Å². The molecule has 4 aromatic rings. The summed E-state index contributed by atoms with van der Waals surface area (Å²) >= 11 is 0. The van der Waals surface area contributed by atoms with Gasteiger partial charge in [0.05, 0.1) is 37.5 Å². The maximum Gasteiger partial charge on any atom is 0.280 e. The molecule has 2 atom stereocenters. The van der Waals surface area contributed by atoms with Crippen LogP contribution in [0.1, 0.15) is 19.8 Å². The zero-order chi connectivity index (χ0) is 28.0. The molecule has 6 rings (SSSR count). The molecule has 2 N–H and O–H groups in total. The van der Waals surface area contributed by atoms with E-state index in [9.17, 15) is 4.39 Å². The van der Waals surface area contributed by atoms with Crippen LogP contribution >= 0.6 is 0 Å². The highest BCUT2D eigenvalue weighted by Crippen LogP contribution is 2.33. The Labute approximate surface area is 228 Å². The van der Waals surface area contributed by atoms with Crippen LogP contribution in [0.4, 0.5) is 24.9 Å². The third-order valence-electron chi connectivity index (χ3n) is 7.58. The fourth-order valence-corrected chi connectivity index (χ4v) is 5.15. The van der Waals surface area contributed by atoms with Crippen molar-refractivity contribution >= 4 is 28.4 Å². The van der Waals surface area contributed by atoms with E-state index >= 15 is 8.78 Å². The Hall–Kier alpha value is -3.78. The zero-order valence-corrected chi connectivity index (χ0v) is 22.3. The SMILES string of the molecule is C=C(C)C(F)CCn1nnc2ccc(-c3ccn4nc(N[C@@H]5CCN(C6COC6)CC5(F)F)nc(NC)c34)nc21. The number of pyridine rings is 1. The second-order valence-corrected chi connectivity index (χ2v) is 10.4. The molecule has 14 heteroatoms. The average Bonchev–Trinajstić information content (AvgIpc) is 3.50. The number of ether oxygens (including phenoxy) is 1. The molecule has 0 radical (unpaired) electrons. The lowest BCUT2D eigenvalue weighted by atomic mass is 9.98. The lowest BCUT2D eigenvalue weighted by Gasteiger charge is -2.44. The number of nitrogens with one attached hydrogen (secondary N) is 2. The fourth-order valence-electron chi connectivity index (χ4n) is 5.15. The number of aromatic nitrogens is 7. The summed E-state index contributed by atoms with van der Waals surface area (Å²) in [6, 6.07) is 4.43. The van der Waals surface area contributed by atoms with Crippen molar-refractivity contribution < 1.29 is 17.9 Å². The molecule has 0 aliphatic carbocycles. The van der Waals surface area contributed by atoms with Crippen molar-refractivity contribution in [3.05, 3.63) is 36.5 Å². The quantitative estimate of drug-likeness (QED) is 0.300. The predicted molar refractivity (Wildman–Crippen MR) is 144 cm³/mol. The highest BCUT2D eigenvalue weighted by atomic mass is 19.3. The molecule has 0 amide bonds. The third-order valence-corrected chi connectivity index (χ3v) is 7.58. The van der Waals surface area contributed by atoms with Crippen molar-refractivity contribution in [3.8, 4) is 11.3 Å². The fraction of sp³-hybridized carbons (Fsp3) is 0.500. The Bertz CT molecular complexity index is 1550. The van der Waals surface area contributed by atoms with Crippen molar-refractivity contribution in [2.24, 2.45) is 0 Å². The number of allylic oxidation sites excluding steroid dienone is 1. The Morgan fingerprint density at radius 1 is 1.25 bits per heavy atom. The van der Waals surface area contributed by atoms with Gasteiger partial charge in [0.1, 0.15) is 17.2 Å². The highest BCUT2D eigenvalue weighted by molar-refractivity contribution is 5.89. The van der Waals surface area contributed by atoms with Crippen LogP contribution in [0.15, 0.2) is 36.5 Å². The first-order valence-corrected chi connectivity index (χ1v) is 13.3. The molecule has 2 saturated heterocycles. The van der Waals surface area contributed by atoms with Crippen LogP contribution in [-0.4, -0.2) is 97.0 Å². The Morgan fingerprint density at radius 3 is 2.77 bits per heavy atom. The van der Waals surface area contributed by atoms with Crippen molar-refractivity contribution in [3.63, 3.8) is 0 Å². The standard InChI is InChI=1S/C26H31F3N10O/c1-15(2)18(27)7-11-39-24-20(34-36-39)5-4-19(31-24)17-6-10-38-22(17)23(30-3)33-25(35-38)32-21-8-9-37(14-26(21,28)29)16-12-40-13-16/h4-6,10,16,18,21H,1,7-9,11-14H2,2-3H3,(H2,30,32,33,35)/t18?,21-/m1/s1. The minimum Gasteiger partial charge on any atom is -0.378 e. The van der Waals surface area contributed by atoms with Crippen molar-refractivity contribution in [2.75, 3.05) is 44.0 Å². The number of aryl methyl sites for hydroxylation is 1. The summed E-state index contributed by atoms with van der Waals surface area (Å²) in [6.07, 6.45) is 1.08. The zero-order valence-electron chi connectivity index (χ0n) is 22.3. The van der Waals surface area contributed by atoms with E-state index in [1.54, 1.807) is 40.3 Å². The second-order valence-electron chi connectivity index (χ2n) is 10.4. The summed E-state index contributed by atoms with van der Waals surface area (Å²) in [4.78, 5) is 11.1. The van der Waals surface area contributed by atoms with Gasteiger partial charge in [0.15, 0.2) is 11.5 Å². The van der Waals surface area contributed by atoms with Gasteiger partial charge in [-0.05, 0) is 37.1 Å². The molecule has 1 unspecified atom stereocenters. The van der Waals surface area contributed by atoms with Gasteiger partial charge in [-0.25, -0.2) is 27.4 Å². The number of hydrogen-bond acceptors (Lipinski definition) is 9. The molecule has 2 aliphatic heterocycles. The number of halogens is 3. The normalized spacial score (nSPS) is 20.5. The van der Waals surface area contributed by atoms with Gasteiger partial charge < -0.3 is 15.4 Å². The maximum absolute atomic E-state index is 15.1. The molecule has 2 aliphatic rings. The lowest BCUT2D eigenvalue weighted by Crippen LogP contribution is -2.61. The van der Waals surface area contributed by atoms with E-state index in [0.717, 1.165) is 5.56 Å². The molecule has 0 bridgehead atoms. The Kier molecular flexibility index (Phi) is 6.82. The largest absolute Gasteiger partial charge is 0.378 e. The van der Waals surface area contributed by atoms with Crippen LogP contribution in [0.2, 0.25) is 0 Å². The molecule has 0 spiro atoms. The van der Waals surface area contributed by atoms with Gasteiger partial charge in [-0.3, -0.25) is 4.90 Å². The van der Waals surface area contributed by atoms with Gasteiger partial charge in [-0.1, -0.05) is 11.8 Å². The highest BCUT2D eigenvalue weighted by Gasteiger charge is 2.47. The van der Waals surface area contributed by atoms with Crippen LogP contribution in [0, 0.1) is 0 Å². The summed E-state index contributed by atoms with van der Waals surface area (Å²) in [5, 5.41) is 18.7. The van der Waals surface area contributed by atoms with E-state index in [1.165, 1.54) is 0 Å². The van der Waals surface area contributed by atoms with Gasteiger partial charge in [0.25, 0.3) is 5.92 Å². The first-order chi connectivity index (χ1) is 19.2. The monoisotopic (exact) mass is 556 g/mol. The summed E-state index contributed by atoms with van der Waals surface area (Å²) in [7, 11) is 1.71. The molecule has 4 aromatic heterocycles. The number of hydrogen-bond donors (Lipinski definition) is 2. The van der Waals surface area contributed by atoms with E-state index in [-0.39, 0.29) is 31.4 Å². The van der Waals surface area contributed by atoms with E-state index < -0.39 is 18.1 Å². The lowest BCUT2D eigenvalue weighted by molar-refractivity contribution is -0.131. The minimum absolute atomic E-state index is 0.0628. The minimum atomic E-state index is -2.95. The average molecular weight is 557 g/mol. The maximum atomic E-state index is 15.1. The molecule has 11 nitrogen and oxygen atoms in total. The summed E-state index contributed by atoms with van der Waals surface area (Å²) in [6.45, 7) is 6.85.